The Morgan fingerprint density at radius 1 is 1.57 bits per heavy atom. The van der Waals surface area contributed by atoms with E-state index in [1.807, 2.05) is 37.5 Å². The summed E-state index contributed by atoms with van der Waals surface area (Å²) in [5.41, 5.74) is 1.07. The molecule has 1 heterocycles. The van der Waals surface area contributed by atoms with Gasteiger partial charge in [0.25, 0.3) is 0 Å². The molecule has 1 amide bonds. The highest BCUT2D eigenvalue weighted by atomic mass is 16.1. The van der Waals surface area contributed by atoms with Crippen molar-refractivity contribution in [3.63, 3.8) is 0 Å². The second kappa shape index (κ2) is 5.80. The number of hydrogen-bond acceptors (Lipinski definition) is 1. The van der Waals surface area contributed by atoms with Gasteiger partial charge in [0.05, 0.1) is 0 Å². The van der Waals surface area contributed by atoms with Gasteiger partial charge >= 0.3 is 0 Å². The standard InChI is InChI=1S/C11H14N2O/c1-2-3-4-5-11(14)13-9-10-6-7-12-8-10/h2-8,12H,9H2,1H3,(H,13,14). The predicted octanol–water partition coefficient (Wildman–Crippen LogP) is 1.76. The Morgan fingerprint density at radius 3 is 3.07 bits per heavy atom. The Hall–Kier alpha value is -1.77. The maximum absolute atomic E-state index is 11.2. The Bertz CT molecular complexity index is 323. The third-order valence-electron chi connectivity index (χ3n) is 1.68. The number of hydrogen-bond donors (Lipinski definition) is 2. The van der Waals surface area contributed by atoms with Crippen LogP contribution in [0.15, 0.2) is 42.8 Å². The monoisotopic (exact) mass is 190 g/mol. The van der Waals surface area contributed by atoms with Gasteiger partial charge in [-0.05, 0) is 18.6 Å². The van der Waals surface area contributed by atoms with Gasteiger partial charge in [0.15, 0.2) is 0 Å². The van der Waals surface area contributed by atoms with Crippen LogP contribution in [0.4, 0.5) is 0 Å². The summed E-state index contributed by atoms with van der Waals surface area (Å²) in [5, 5.41) is 2.76. The molecule has 0 unspecified atom stereocenters. The minimum absolute atomic E-state index is 0.0794. The molecule has 0 radical (unpaired) electrons. The molecule has 74 valence electrons. The number of aromatic nitrogens is 1. The van der Waals surface area contributed by atoms with Crippen molar-refractivity contribution in [2.24, 2.45) is 0 Å². The molecule has 0 saturated heterocycles. The van der Waals surface area contributed by atoms with Crippen LogP contribution in [0.5, 0.6) is 0 Å². The molecule has 2 N–H and O–H groups in total. The number of nitrogens with one attached hydrogen (secondary N) is 2. The van der Waals surface area contributed by atoms with Gasteiger partial charge in [0, 0.05) is 25.0 Å². The first kappa shape index (κ1) is 10.3. The van der Waals surface area contributed by atoms with Crippen LogP contribution >= 0.6 is 0 Å². The van der Waals surface area contributed by atoms with Crippen LogP contribution in [-0.2, 0) is 11.3 Å². The van der Waals surface area contributed by atoms with E-state index in [-0.39, 0.29) is 5.91 Å². The van der Waals surface area contributed by atoms with Gasteiger partial charge in [-0.2, -0.15) is 0 Å². The van der Waals surface area contributed by atoms with Crippen molar-refractivity contribution in [2.45, 2.75) is 13.5 Å². The molecule has 1 rings (SSSR count). The lowest BCUT2D eigenvalue weighted by Crippen LogP contribution is -2.19. The molecule has 1 aromatic heterocycles. The van der Waals surface area contributed by atoms with E-state index in [4.69, 9.17) is 0 Å². The summed E-state index contributed by atoms with van der Waals surface area (Å²) in [4.78, 5) is 14.1. The van der Waals surface area contributed by atoms with E-state index in [9.17, 15) is 4.79 Å². The Balaban J connectivity index is 2.28. The van der Waals surface area contributed by atoms with Crippen molar-refractivity contribution < 1.29 is 4.79 Å². The van der Waals surface area contributed by atoms with Gasteiger partial charge in [0.1, 0.15) is 0 Å². The highest BCUT2D eigenvalue weighted by Gasteiger charge is 1.95. The third-order valence-corrected chi connectivity index (χ3v) is 1.68. The first-order valence-corrected chi connectivity index (χ1v) is 4.52. The highest BCUT2D eigenvalue weighted by Crippen LogP contribution is 1.94. The summed E-state index contributed by atoms with van der Waals surface area (Å²) >= 11 is 0. The molecule has 0 saturated carbocycles. The van der Waals surface area contributed by atoms with E-state index in [0.29, 0.717) is 6.54 Å². The fourth-order valence-electron chi connectivity index (χ4n) is 0.971. The summed E-state index contributed by atoms with van der Waals surface area (Å²) < 4.78 is 0. The van der Waals surface area contributed by atoms with Crippen molar-refractivity contribution in [3.8, 4) is 0 Å². The quantitative estimate of drug-likeness (QED) is 0.551. The van der Waals surface area contributed by atoms with E-state index in [1.165, 1.54) is 6.08 Å². The number of H-pyrrole nitrogens is 1. The molecule has 0 aliphatic heterocycles. The summed E-state index contributed by atoms with van der Waals surface area (Å²) in [6.45, 7) is 2.46. The van der Waals surface area contributed by atoms with Crippen molar-refractivity contribution in [1.29, 1.82) is 0 Å². The average molecular weight is 190 g/mol. The smallest absolute Gasteiger partial charge is 0.244 e. The molecule has 3 nitrogen and oxygen atoms in total. The van der Waals surface area contributed by atoms with Crippen LogP contribution in [0, 0.1) is 0 Å². The van der Waals surface area contributed by atoms with E-state index in [2.05, 4.69) is 10.3 Å². The zero-order chi connectivity index (χ0) is 10.2. The minimum atomic E-state index is -0.0794. The van der Waals surface area contributed by atoms with E-state index < -0.39 is 0 Å². The first-order valence-electron chi connectivity index (χ1n) is 4.52. The van der Waals surface area contributed by atoms with Gasteiger partial charge in [0.2, 0.25) is 5.91 Å². The molecule has 0 fully saturated rings. The van der Waals surface area contributed by atoms with Gasteiger partial charge in [-0.3, -0.25) is 4.79 Å². The number of amides is 1. The zero-order valence-electron chi connectivity index (χ0n) is 8.16. The van der Waals surface area contributed by atoms with E-state index in [0.717, 1.165) is 5.56 Å². The highest BCUT2D eigenvalue weighted by molar-refractivity contribution is 5.87. The fourth-order valence-corrected chi connectivity index (χ4v) is 0.971. The maximum Gasteiger partial charge on any atom is 0.244 e. The summed E-state index contributed by atoms with van der Waals surface area (Å²) in [6.07, 6.45) is 10.6. The molecule has 0 bridgehead atoms. The number of rotatable bonds is 4. The number of allylic oxidation sites excluding steroid dienone is 3. The first-order chi connectivity index (χ1) is 6.83. The Morgan fingerprint density at radius 2 is 2.43 bits per heavy atom. The lowest BCUT2D eigenvalue weighted by Gasteiger charge is -1.97. The summed E-state index contributed by atoms with van der Waals surface area (Å²) in [7, 11) is 0. The molecule has 0 spiro atoms. The molecule has 0 aromatic carbocycles. The van der Waals surface area contributed by atoms with Crippen LogP contribution in [0.1, 0.15) is 12.5 Å². The molecule has 0 aliphatic rings. The second-order valence-electron chi connectivity index (χ2n) is 2.82. The van der Waals surface area contributed by atoms with Gasteiger partial charge in [-0.1, -0.05) is 18.2 Å². The average Bonchev–Trinajstić information content (AvgIpc) is 2.68. The van der Waals surface area contributed by atoms with Crippen molar-refractivity contribution in [1.82, 2.24) is 10.3 Å². The van der Waals surface area contributed by atoms with Crippen molar-refractivity contribution in [2.75, 3.05) is 0 Å². The SMILES string of the molecule is CC=CC=CC(=O)NCc1cc[nH]c1. The van der Waals surface area contributed by atoms with Crippen LogP contribution in [0.2, 0.25) is 0 Å². The van der Waals surface area contributed by atoms with Crippen LogP contribution in [0.3, 0.4) is 0 Å². The second-order valence-corrected chi connectivity index (χ2v) is 2.82. The zero-order valence-corrected chi connectivity index (χ0v) is 8.16. The van der Waals surface area contributed by atoms with Crippen molar-refractivity contribution in [3.05, 3.63) is 48.3 Å². The number of aromatic amines is 1. The lowest BCUT2D eigenvalue weighted by atomic mass is 10.3. The largest absolute Gasteiger partial charge is 0.367 e. The van der Waals surface area contributed by atoms with Crippen molar-refractivity contribution >= 4 is 5.91 Å². The normalized spacial score (nSPS) is 11.2. The number of carbonyl (C=O) groups excluding carboxylic acids is 1. The van der Waals surface area contributed by atoms with E-state index in [1.54, 1.807) is 6.08 Å². The fraction of sp³-hybridized carbons (Fsp3) is 0.182. The van der Waals surface area contributed by atoms with E-state index >= 15 is 0 Å². The van der Waals surface area contributed by atoms with Gasteiger partial charge in [-0.25, -0.2) is 0 Å². The summed E-state index contributed by atoms with van der Waals surface area (Å²) in [6, 6.07) is 1.93. The molecule has 14 heavy (non-hydrogen) atoms. The van der Waals surface area contributed by atoms with Crippen LogP contribution < -0.4 is 5.32 Å². The van der Waals surface area contributed by atoms with Crippen LogP contribution in [-0.4, -0.2) is 10.9 Å². The minimum Gasteiger partial charge on any atom is -0.367 e. The summed E-state index contributed by atoms with van der Waals surface area (Å²) in [5.74, 6) is -0.0794. The number of carbonyl (C=O) groups is 1. The molecule has 0 atom stereocenters. The molecular weight excluding hydrogens is 176 g/mol. The van der Waals surface area contributed by atoms with Gasteiger partial charge in [-0.15, -0.1) is 0 Å². The Kier molecular flexibility index (Phi) is 4.27. The lowest BCUT2D eigenvalue weighted by molar-refractivity contribution is -0.116. The van der Waals surface area contributed by atoms with Crippen LogP contribution in [0.25, 0.3) is 0 Å². The maximum atomic E-state index is 11.2. The predicted molar refractivity (Wildman–Crippen MR) is 56.6 cm³/mol. The Labute approximate surface area is 83.5 Å². The topological polar surface area (TPSA) is 44.9 Å². The molecule has 3 heteroatoms. The molecular formula is C11H14N2O. The van der Waals surface area contributed by atoms with Gasteiger partial charge < -0.3 is 10.3 Å². The molecule has 1 aromatic rings. The third kappa shape index (κ3) is 3.76. The molecule has 0 aliphatic carbocycles.